The first kappa shape index (κ1) is 18.4. The monoisotopic (exact) mass is 345 g/mol. The Bertz CT molecular complexity index is 730. The first-order valence-electron chi connectivity index (χ1n) is 8.05. The molecule has 2 rings (SSSR count). The number of hydrogen-bond donors (Lipinski definition) is 1. The van der Waals surface area contributed by atoms with E-state index in [1.165, 1.54) is 7.11 Å². The van der Waals surface area contributed by atoms with Crippen molar-refractivity contribution in [1.82, 2.24) is 0 Å². The fourth-order valence-electron chi connectivity index (χ4n) is 2.29. The first-order chi connectivity index (χ1) is 12.1. The van der Waals surface area contributed by atoms with E-state index in [9.17, 15) is 4.79 Å². The Hall–Kier alpha value is -2.89. The van der Waals surface area contributed by atoms with Gasteiger partial charge in [-0.1, -0.05) is 0 Å². The zero-order valence-electron chi connectivity index (χ0n) is 14.9. The Balaban J connectivity index is 2.24. The van der Waals surface area contributed by atoms with Gasteiger partial charge in [-0.25, -0.2) is 0 Å². The van der Waals surface area contributed by atoms with Crippen LogP contribution in [-0.4, -0.2) is 33.3 Å². The summed E-state index contributed by atoms with van der Waals surface area (Å²) < 4.78 is 21.5. The Morgan fingerprint density at radius 3 is 2.24 bits per heavy atom. The summed E-state index contributed by atoms with van der Waals surface area (Å²) in [6.45, 7) is 4.78. The van der Waals surface area contributed by atoms with Crippen LogP contribution in [0.4, 0.5) is 5.69 Å². The lowest BCUT2D eigenvalue weighted by Gasteiger charge is -2.14. The number of hydrogen-bond acceptors (Lipinski definition) is 5. The van der Waals surface area contributed by atoms with Crippen LogP contribution in [0, 0.1) is 0 Å². The molecule has 0 fully saturated rings. The van der Waals surface area contributed by atoms with E-state index in [1.54, 1.807) is 43.5 Å². The normalized spacial score (nSPS) is 10.1. The van der Waals surface area contributed by atoms with Crippen LogP contribution in [0.25, 0.3) is 0 Å². The maximum Gasteiger partial charge on any atom is 0.255 e. The number of benzene rings is 2. The average Bonchev–Trinajstić information content (AvgIpc) is 2.63. The highest BCUT2D eigenvalue weighted by Gasteiger charge is 2.14. The van der Waals surface area contributed by atoms with E-state index < -0.39 is 0 Å². The molecule has 2 aromatic carbocycles. The topological polar surface area (TPSA) is 66.0 Å². The molecule has 0 aliphatic carbocycles. The Labute approximate surface area is 147 Å². The Morgan fingerprint density at radius 2 is 1.60 bits per heavy atom. The molecule has 6 heteroatoms. The molecule has 0 spiro atoms. The summed E-state index contributed by atoms with van der Waals surface area (Å²) in [5, 5.41) is 2.83. The summed E-state index contributed by atoms with van der Waals surface area (Å²) in [4.78, 5) is 12.6. The lowest BCUT2D eigenvalue weighted by atomic mass is 10.1. The summed E-state index contributed by atoms with van der Waals surface area (Å²) in [5.41, 5.74) is 1.02. The summed E-state index contributed by atoms with van der Waals surface area (Å²) in [5.74, 6) is 2.05. The number of amides is 1. The lowest BCUT2D eigenvalue weighted by Crippen LogP contribution is -2.13. The van der Waals surface area contributed by atoms with E-state index in [4.69, 9.17) is 18.9 Å². The summed E-state index contributed by atoms with van der Waals surface area (Å²) in [6.07, 6.45) is 0. The number of carbonyl (C=O) groups is 1. The minimum Gasteiger partial charge on any atom is -0.497 e. The molecule has 6 nitrogen and oxygen atoms in total. The fourth-order valence-corrected chi connectivity index (χ4v) is 2.29. The molecule has 0 aliphatic heterocycles. The van der Waals surface area contributed by atoms with E-state index in [-0.39, 0.29) is 5.91 Å². The van der Waals surface area contributed by atoms with Crippen LogP contribution in [0.1, 0.15) is 24.2 Å². The van der Waals surface area contributed by atoms with E-state index in [0.29, 0.717) is 47.5 Å². The largest absolute Gasteiger partial charge is 0.497 e. The van der Waals surface area contributed by atoms with Crippen molar-refractivity contribution < 1.29 is 23.7 Å². The van der Waals surface area contributed by atoms with Crippen molar-refractivity contribution in [2.45, 2.75) is 13.8 Å². The van der Waals surface area contributed by atoms with Gasteiger partial charge < -0.3 is 24.3 Å². The number of carbonyl (C=O) groups excluding carboxylic acids is 1. The summed E-state index contributed by atoms with van der Waals surface area (Å²) >= 11 is 0. The summed E-state index contributed by atoms with van der Waals surface area (Å²) in [7, 11) is 3.11. The quantitative estimate of drug-likeness (QED) is 0.789. The second-order valence-electron chi connectivity index (χ2n) is 5.05. The van der Waals surface area contributed by atoms with Gasteiger partial charge in [-0.05, 0) is 44.2 Å². The Morgan fingerprint density at radius 1 is 0.880 bits per heavy atom. The third-order valence-corrected chi connectivity index (χ3v) is 3.46. The minimum absolute atomic E-state index is 0.271. The van der Waals surface area contributed by atoms with Crippen molar-refractivity contribution in [3.05, 3.63) is 42.0 Å². The fraction of sp³-hybridized carbons (Fsp3) is 0.316. The smallest absolute Gasteiger partial charge is 0.255 e. The molecule has 2 aromatic rings. The van der Waals surface area contributed by atoms with E-state index in [1.807, 2.05) is 13.8 Å². The minimum atomic E-state index is -0.271. The van der Waals surface area contributed by atoms with Crippen LogP contribution in [-0.2, 0) is 0 Å². The van der Waals surface area contributed by atoms with E-state index in [0.717, 1.165) is 0 Å². The van der Waals surface area contributed by atoms with Gasteiger partial charge >= 0.3 is 0 Å². The molecule has 0 saturated heterocycles. The van der Waals surface area contributed by atoms with Crippen molar-refractivity contribution in [3.63, 3.8) is 0 Å². The third-order valence-electron chi connectivity index (χ3n) is 3.46. The van der Waals surface area contributed by atoms with Gasteiger partial charge in [0.1, 0.15) is 11.5 Å². The number of nitrogens with one attached hydrogen (secondary N) is 1. The van der Waals surface area contributed by atoms with Gasteiger partial charge in [0.15, 0.2) is 11.5 Å². The van der Waals surface area contributed by atoms with Crippen LogP contribution in [0.5, 0.6) is 23.0 Å². The molecule has 0 aliphatic rings. The molecule has 0 saturated carbocycles. The average molecular weight is 345 g/mol. The van der Waals surface area contributed by atoms with Crippen LogP contribution < -0.4 is 24.3 Å². The van der Waals surface area contributed by atoms with E-state index in [2.05, 4.69) is 5.32 Å². The molecule has 0 atom stereocenters. The molecule has 0 radical (unpaired) electrons. The third kappa shape index (κ3) is 4.56. The number of anilines is 1. The van der Waals surface area contributed by atoms with E-state index >= 15 is 0 Å². The molecule has 134 valence electrons. The number of methoxy groups -OCH3 is 2. The lowest BCUT2D eigenvalue weighted by molar-refractivity contribution is 0.102. The van der Waals surface area contributed by atoms with Crippen molar-refractivity contribution >= 4 is 11.6 Å². The zero-order valence-corrected chi connectivity index (χ0v) is 14.9. The highest BCUT2D eigenvalue weighted by Crippen LogP contribution is 2.31. The number of rotatable bonds is 8. The second kappa shape index (κ2) is 8.82. The van der Waals surface area contributed by atoms with Gasteiger partial charge in [0, 0.05) is 11.6 Å². The highest BCUT2D eigenvalue weighted by atomic mass is 16.5. The highest BCUT2D eigenvalue weighted by molar-refractivity contribution is 6.05. The Kier molecular flexibility index (Phi) is 6.51. The van der Waals surface area contributed by atoms with Crippen LogP contribution in [0.2, 0.25) is 0 Å². The van der Waals surface area contributed by atoms with Crippen LogP contribution >= 0.6 is 0 Å². The molecule has 1 N–H and O–H groups in total. The molecule has 0 heterocycles. The molecular formula is C19H23NO5. The number of ether oxygens (including phenoxy) is 4. The molecule has 0 aromatic heterocycles. The summed E-state index contributed by atoms with van der Waals surface area (Å²) in [6, 6.07) is 10.3. The van der Waals surface area contributed by atoms with Gasteiger partial charge in [0.25, 0.3) is 5.91 Å². The second-order valence-corrected chi connectivity index (χ2v) is 5.05. The van der Waals surface area contributed by atoms with Crippen molar-refractivity contribution in [1.29, 1.82) is 0 Å². The van der Waals surface area contributed by atoms with Crippen molar-refractivity contribution in [2.24, 2.45) is 0 Å². The molecule has 1 amide bonds. The zero-order chi connectivity index (χ0) is 18.2. The van der Waals surface area contributed by atoms with Gasteiger partial charge in [-0.3, -0.25) is 4.79 Å². The molecule has 0 bridgehead atoms. The SMILES string of the molecule is CCOc1ccc(C(=O)Nc2ccc(OC)cc2OC)cc1OCC. The van der Waals surface area contributed by atoms with Crippen LogP contribution in [0.3, 0.4) is 0 Å². The van der Waals surface area contributed by atoms with Gasteiger partial charge in [0.2, 0.25) is 0 Å². The molecule has 0 unspecified atom stereocenters. The van der Waals surface area contributed by atoms with Gasteiger partial charge in [0.05, 0.1) is 33.1 Å². The standard InChI is InChI=1S/C19H23NO5/c1-5-24-16-10-7-13(11-18(16)25-6-2)19(21)20-15-9-8-14(22-3)12-17(15)23-4/h7-12H,5-6H2,1-4H3,(H,20,21). The van der Waals surface area contributed by atoms with Crippen LogP contribution in [0.15, 0.2) is 36.4 Å². The predicted octanol–water partition coefficient (Wildman–Crippen LogP) is 3.75. The molecule has 25 heavy (non-hydrogen) atoms. The van der Waals surface area contributed by atoms with Gasteiger partial charge in [-0.15, -0.1) is 0 Å². The molecular weight excluding hydrogens is 322 g/mol. The van der Waals surface area contributed by atoms with Gasteiger partial charge in [-0.2, -0.15) is 0 Å². The maximum absolute atomic E-state index is 12.6. The maximum atomic E-state index is 12.6. The predicted molar refractivity (Wildman–Crippen MR) is 96.3 cm³/mol. The van der Waals surface area contributed by atoms with Crippen molar-refractivity contribution in [2.75, 3.05) is 32.8 Å². The van der Waals surface area contributed by atoms with Crippen molar-refractivity contribution in [3.8, 4) is 23.0 Å². The first-order valence-corrected chi connectivity index (χ1v) is 8.05.